The van der Waals surface area contributed by atoms with Gasteiger partial charge < -0.3 is 16.2 Å². The first-order valence-electron chi connectivity index (χ1n) is 4.19. The van der Waals surface area contributed by atoms with Crippen LogP contribution in [0.2, 0.25) is 0 Å². The minimum atomic E-state index is -0.814. The second kappa shape index (κ2) is 5.06. The maximum absolute atomic E-state index is 13.3. The SMILES string of the molecule is COc1cc(F)c(C=NN=C(N)N)c(F)c1. The fourth-order valence-electron chi connectivity index (χ4n) is 0.955. The molecule has 0 aliphatic rings. The number of hydrogen-bond donors (Lipinski definition) is 2. The number of nitrogens with zero attached hydrogens (tertiary/aromatic N) is 2. The normalized spacial score (nSPS) is 10.4. The van der Waals surface area contributed by atoms with E-state index >= 15 is 0 Å². The second-order valence-electron chi connectivity index (χ2n) is 2.77. The molecule has 0 aliphatic heterocycles. The molecule has 0 atom stereocenters. The summed E-state index contributed by atoms with van der Waals surface area (Å²) in [6, 6.07) is 2.06. The van der Waals surface area contributed by atoms with E-state index in [1.165, 1.54) is 7.11 Å². The maximum Gasteiger partial charge on any atom is 0.211 e. The third-order valence-corrected chi connectivity index (χ3v) is 1.65. The Balaban J connectivity index is 3.06. The maximum atomic E-state index is 13.3. The molecule has 0 aliphatic carbocycles. The predicted octanol–water partition coefficient (Wildman–Crippen LogP) is 0.581. The molecule has 86 valence electrons. The van der Waals surface area contributed by atoms with Crippen LogP contribution < -0.4 is 16.2 Å². The quantitative estimate of drug-likeness (QED) is 0.450. The van der Waals surface area contributed by atoms with Crippen molar-refractivity contribution in [1.82, 2.24) is 0 Å². The van der Waals surface area contributed by atoms with Gasteiger partial charge in [-0.1, -0.05) is 0 Å². The first kappa shape index (κ1) is 11.9. The molecule has 1 rings (SSSR count). The fraction of sp³-hybridized carbons (Fsp3) is 0.111. The van der Waals surface area contributed by atoms with Crippen molar-refractivity contribution >= 4 is 12.2 Å². The van der Waals surface area contributed by atoms with Gasteiger partial charge in [-0.2, -0.15) is 5.10 Å². The largest absolute Gasteiger partial charge is 0.497 e. The van der Waals surface area contributed by atoms with Crippen LogP contribution in [0.1, 0.15) is 5.56 Å². The number of benzene rings is 1. The molecule has 16 heavy (non-hydrogen) atoms. The Bertz CT molecular complexity index is 418. The molecular weight excluding hydrogens is 218 g/mol. The summed E-state index contributed by atoms with van der Waals surface area (Å²) in [5, 5.41) is 6.53. The molecule has 5 nitrogen and oxygen atoms in total. The first-order valence-corrected chi connectivity index (χ1v) is 4.19. The van der Waals surface area contributed by atoms with E-state index in [9.17, 15) is 8.78 Å². The number of methoxy groups -OCH3 is 1. The Morgan fingerprint density at radius 1 is 1.31 bits per heavy atom. The van der Waals surface area contributed by atoms with Crippen molar-refractivity contribution in [2.24, 2.45) is 21.7 Å². The van der Waals surface area contributed by atoms with E-state index < -0.39 is 11.6 Å². The average Bonchev–Trinajstić information content (AvgIpc) is 2.21. The van der Waals surface area contributed by atoms with Crippen LogP contribution in [-0.4, -0.2) is 19.3 Å². The summed E-state index contributed by atoms with van der Waals surface area (Å²) >= 11 is 0. The topological polar surface area (TPSA) is 86.0 Å². The van der Waals surface area contributed by atoms with Crippen LogP contribution in [0.3, 0.4) is 0 Å². The molecule has 0 aromatic heterocycles. The number of rotatable bonds is 3. The molecule has 1 aromatic carbocycles. The van der Waals surface area contributed by atoms with Gasteiger partial charge in [0.1, 0.15) is 17.4 Å². The van der Waals surface area contributed by atoms with E-state index in [1.807, 2.05) is 0 Å². The van der Waals surface area contributed by atoms with Crippen LogP contribution in [0, 0.1) is 11.6 Å². The highest BCUT2D eigenvalue weighted by Crippen LogP contribution is 2.18. The van der Waals surface area contributed by atoms with E-state index in [4.69, 9.17) is 11.5 Å². The van der Waals surface area contributed by atoms with Crippen LogP contribution in [0.25, 0.3) is 0 Å². The first-order chi connectivity index (χ1) is 7.54. The fourth-order valence-corrected chi connectivity index (χ4v) is 0.955. The summed E-state index contributed by atoms with van der Waals surface area (Å²) < 4.78 is 31.3. The van der Waals surface area contributed by atoms with Crippen molar-refractivity contribution < 1.29 is 13.5 Å². The smallest absolute Gasteiger partial charge is 0.211 e. The summed E-state index contributed by atoms with van der Waals surface area (Å²) in [7, 11) is 1.31. The molecule has 0 fully saturated rings. The molecule has 0 radical (unpaired) electrons. The van der Waals surface area contributed by atoms with Gasteiger partial charge in [0.05, 0.1) is 18.9 Å². The molecular formula is C9H10F2N4O. The van der Waals surface area contributed by atoms with Gasteiger partial charge in [0, 0.05) is 12.1 Å². The Kier molecular flexibility index (Phi) is 3.76. The lowest BCUT2D eigenvalue weighted by Gasteiger charge is -2.02. The lowest BCUT2D eigenvalue weighted by molar-refractivity contribution is 0.406. The van der Waals surface area contributed by atoms with Gasteiger partial charge in [-0.3, -0.25) is 0 Å². The van der Waals surface area contributed by atoms with Crippen LogP contribution in [0.15, 0.2) is 22.3 Å². The number of nitrogens with two attached hydrogens (primary N) is 2. The second-order valence-corrected chi connectivity index (χ2v) is 2.77. The van der Waals surface area contributed by atoms with E-state index in [-0.39, 0.29) is 17.3 Å². The monoisotopic (exact) mass is 228 g/mol. The van der Waals surface area contributed by atoms with Crippen LogP contribution >= 0.6 is 0 Å². The highest BCUT2D eigenvalue weighted by molar-refractivity contribution is 5.82. The summed E-state index contributed by atoms with van der Waals surface area (Å²) in [6.45, 7) is 0. The number of ether oxygens (including phenoxy) is 1. The van der Waals surface area contributed by atoms with Crippen molar-refractivity contribution in [2.75, 3.05) is 7.11 Å². The predicted molar refractivity (Wildman–Crippen MR) is 56.3 cm³/mol. The minimum absolute atomic E-state index is 0.0778. The number of halogens is 2. The van der Waals surface area contributed by atoms with Crippen LogP contribution in [0.4, 0.5) is 8.78 Å². The van der Waals surface area contributed by atoms with Gasteiger partial charge in [-0.25, -0.2) is 8.78 Å². The van der Waals surface area contributed by atoms with Crippen molar-refractivity contribution in [3.63, 3.8) is 0 Å². The van der Waals surface area contributed by atoms with Gasteiger partial charge in [-0.05, 0) is 0 Å². The molecule has 1 aromatic rings. The molecule has 0 saturated heterocycles. The van der Waals surface area contributed by atoms with Crippen molar-refractivity contribution in [1.29, 1.82) is 0 Å². The molecule has 0 saturated carbocycles. The zero-order chi connectivity index (χ0) is 12.1. The Hall–Kier alpha value is -2.18. The van der Waals surface area contributed by atoms with Gasteiger partial charge in [0.15, 0.2) is 0 Å². The average molecular weight is 228 g/mol. The molecule has 0 heterocycles. The van der Waals surface area contributed by atoms with Crippen LogP contribution in [-0.2, 0) is 0 Å². The lowest BCUT2D eigenvalue weighted by Crippen LogP contribution is -2.21. The van der Waals surface area contributed by atoms with E-state index in [1.54, 1.807) is 0 Å². The molecule has 0 spiro atoms. The van der Waals surface area contributed by atoms with E-state index in [0.29, 0.717) is 0 Å². The number of hydrogen-bond acceptors (Lipinski definition) is 3. The molecule has 4 N–H and O–H groups in total. The summed E-state index contributed by atoms with van der Waals surface area (Å²) in [5.74, 6) is -1.85. The number of guanidine groups is 1. The lowest BCUT2D eigenvalue weighted by atomic mass is 10.2. The third-order valence-electron chi connectivity index (χ3n) is 1.65. The van der Waals surface area contributed by atoms with Crippen molar-refractivity contribution in [3.05, 3.63) is 29.3 Å². The Morgan fingerprint density at radius 2 is 1.88 bits per heavy atom. The Labute approximate surface area is 90.4 Å². The highest BCUT2D eigenvalue weighted by atomic mass is 19.1. The summed E-state index contributed by atoms with van der Waals surface area (Å²) in [6.07, 6.45) is 0.879. The molecule has 0 unspecified atom stereocenters. The van der Waals surface area contributed by atoms with Crippen molar-refractivity contribution in [3.8, 4) is 5.75 Å². The summed E-state index contributed by atoms with van der Waals surface area (Å²) in [5.41, 5.74) is 9.63. The van der Waals surface area contributed by atoms with E-state index in [0.717, 1.165) is 18.3 Å². The molecule has 7 heteroatoms. The van der Waals surface area contributed by atoms with E-state index in [2.05, 4.69) is 14.9 Å². The van der Waals surface area contributed by atoms with Crippen LogP contribution in [0.5, 0.6) is 5.75 Å². The summed E-state index contributed by atoms with van der Waals surface area (Å²) in [4.78, 5) is 0. The standard InChI is InChI=1S/C9H10F2N4O/c1-16-5-2-7(10)6(8(11)3-5)4-14-15-9(12)13/h2-4H,1H3,(H4,12,13,15). The van der Waals surface area contributed by atoms with Gasteiger partial charge >= 0.3 is 0 Å². The zero-order valence-electron chi connectivity index (χ0n) is 8.45. The third kappa shape index (κ3) is 2.91. The zero-order valence-corrected chi connectivity index (χ0v) is 8.45. The minimum Gasteiger partial charge on any atom is -0.497 e. The van der Waals surface area contributed by atoms with Crippen molar-refractivity contribution in [2.45, 2.75) is 0 Å². The van der Waals surface area contributed by atoms with Gasteiger partial charge in [-0.15, -0.1) is 5.10 Å². The highest BCUT2D eigenvalue weighted by Gasteiger charge is 2.09. The van der Waals surface area contributed by atoms with Gasteiger partial charge in [0.25, 0.3) is 0 Å². The molecule has 0 bridgehead atoms. The molecule has 0 amide bonds. The Morgan fingerprint density at radius 3 is 2.31 bits per heavy atom. The van der Waals surface area contributed by atoms with Gasteiger partial charge in [0.2, 0.25) is 5.96 Å².